The third kappa shape index (κ3) is 2.43. The predicted octanol–water partition coefficient (Wildman–Crippen LogP) is 1.29. The standard InChI is InChI=1S/C11H16N2O3S/c1-9-8-10(12)4-5-11(9)17(14,15)13-6-2-3-7-16-13/h4-5,8H,2-3,6-7,12H2,1H3. The molecule has 17 heavy (non-hydrogen) atoms. The second kappa shape index (κ2) is 4.64. The molecular weight excluding hydrogens is 240 g/mol. The van der Waals surface area contributed by atoms with Gasteiger partial charge in [0.05, 0.1) is 11.5 Å². The molecule has 1 aromatic carbocycles. The first kappa shape index (κ1) is 12.3. The van der Waals surface area contributed by atoms with E-state index in [1.807, 2.05) is 0 Å². The van der Waals surface area contributed by atoms with Gasteiger partial charge < -0.3 is 5.73 Å². The molecule has 6 heteroatoms. The summed E-state index contributed by atoms with van der Waals surface area (Å²) in [7, 11) is -3.55. The minimum atomic E-state index is -3.55. The maximum atomic E-state index is 12.3. The van der Waals surface area contributed by atoms with Gasteiger partial charge in [0.15, 0.2) is 0 Å². The van der Waals surface area contributed by atoms with Crippen LogP contribution in [-0.4, -0.2) is 26.0 Å². The van der Waals surface area contributed by atoms with Gasteiger partial charge in [0, 0.05) is 12.2 Å². The van der Waals surface area contributed by atoms with Crippen molar-refractivity contribution in [2.24, 2.45) is 0 Å². The van der Waals surface area contributed by atoms with Crippen molar-refractivity contribution in [3.8, 4) is 0 Å². The Kier molecular flexibility index (Phi) is 3.37. The van der Waals surface area contributed by atoms with Gasteiger partial charge in [0.1, 0.15) is 0 Å². The molecule has 2 N–H and O–H groups in total. The fourth-order valence-corrected chi connectivity index (χ4v) is 3.34. The number of hydrogen-bond acceptors (Lipinski definition) is 4. The monoisotopic (exact) mass is 256 g/mol. The van der Waals surface area contributed by atoms with E-state index in [9.17, 15) is 8.42 Å². The number of anilines is 1. The van der Waals surface area contributed by atoms with Gasteiger partial charge in [-0.25, -0.2) is 8.42 Å². The minimum absolute atomic E-state index is 0.258. The summed E-state index contributed by atoms with van der Waals surface area (Å²) in [5.74, 6) is 0. The second-order valence-electron chi connectivity index (χ2n) is 4.10. The molecule has 1 aliphatic rings. The van der Waals surface area contributed by atoms with E-state index < -0.39 is 10.0 Å². The highest BCUT2D eigenvalue weighted by Gasteiger charge is 2.28. The molecule has 1 saturated heterocycles. The molecular formula is C11H16N2O3S. The highest BCUT2D eigenvalue weighted by atomic mass is 32.2. The summed E-state index contributed by atoms with van der Waals surface area (Å²) in [6.45, 7) is 2.59. The third-order valence-electron chi connectivity index (χ3n) is 2.72. The van der Waals surface area contributed by atoms with Crippen molar-refractivity contribution in [3.63, 3.8) is 0 Å². The van der Waals surface area contributed by atoms with Crippen LogP contribution in [0.15, 0.2) is 23.1 Å². The zero-order valence-electron chi connectivity index (χ0n) is 9.72. The molecule has 1 aromatic rings. The molecule has 1 heterocycles. The van der Waals surface area contributed by atoms with E-state index in [2.05, 4.69) is 0 Å². The van der Waals surface area contributed by atoms with Gasteiger partial charge >= 0.3 is 0 Å². The van der Waals surface area contributed by atoms with Crippen LogP contribution >= 0.6 is 0 Å². The lowest BCUT2D eigenvalue weighted by molar-refractivity contribution is -0.108. The van der Waals surface area contributed by atoms with E-state index in [0.717, 1.165) is 17.3 Å². The summed E-state index contributed by atoms with van der Waals surface area (Å²) < 4.78 is 25.6. The average molecular weight is 256 g/mol. The van der Waals surface area contributed by atoms with E-state index in [0.29, 0.717) is 24.4 Å². The molecule has 0 spiro atoms. The third-order valence-corrected chi connectivity index (χ3v) is 4.55. The molecule has 0 radical (unpaired) electrons. The number of benzene rings is 1. The first-order chi connectivity index (χ1) is 8.01. The van der Waals surface area contributed by atoms with Crippen LogP contribution in [0.3, 0.4) is 0 Å². The van der Waals surface area contributed by atoms with Crippen LogP contribution in [0.5, 0.6) is 0 Å². The topological polar surface area (TPSA) is 72.6 Å². The van der Waals surface area contributed by atoms with Gasteiger partial charge in [-0.2, -0.15) is 0 Å². The van der Waals surface area contributed by atoms with Gasteiger partial charge in [-0.1, -0.05) is 4.47 Å². The fourth-order valence-electron chi connectivity index (χ4n) is 1.84. The van der Waals surface area contributed by atoms with E-state index in [1.54, 1.807) is 19.1 Å². The number of nitrogens with zero attached hydrogens (tertiary/aromatic N) is 1. The molecule has 0 atom stereocenters. The minimum Gasteiger partial charge on any atom is -0.399 e. The quantitative estimate of drug-likeness (QED) is 0.809. The largest absolute Gasteiger partial charge is 0.399 e. The highest BCUT2D eigenvalue weighted by molar-refractivity contribution is 7.89. The van der Waals surface area contributed by atoms with Crippen molar-refractivity contribution in [1.82, 2.24) is 4.47 Å². The molecule has 0 saturated carbocycles. The van der Waals surface area contributed by atoms with Crippen molar-refractivity contribution in [1.29, 1.82) is 0 Å². The number of nitrogen functional groups attached to an aromatic ring is 1. The van der Waals surface area contributed by atoms with Crippen LogP contribution < -0.4 is 5.73 Å². The molecule has 1 aliphatic heterocycles. The van der Waals surface area contributed by atoms with Gasteiger partial charge in [-0.3, -0.25) is 4.84 Å². The Morgan fingerprint density at radius 1 is 1.35 bits per heavy atom. The summed E-state index contributed by atoms with van der Waals surface area (Å²) in [5.41, 5.74) is 6.80. The van der Waals surface area contributed by atoms with Crippen LogP contribution in [0, 0.1) is 6.92 Å². The summed E-state index contributed by atoms with van der Waals surface area (Å²) in [6.07, 6.45) is 1.72. The van der Waals surface area contributed by atoms with Gasteiger partial charge in [-0.15, -0.1) is 0 Å². The molecule has 0 aromatic heterocycles. The Labute approximate surface area is 101 Å². The number of rotatable bonds is 2. The van der Waals surface area contributed by atoms with Crippen LogP contribution in [-0.2, 0) is 14.9 Å². The first-order valence-corrected chi connectivity index (χ1v) is 6.97. The lowest BCUT2D eigenvalue weighted by Gasteiger charge is -2.25. The smallest absolute Gasteiger partial charge is 0.265 e. The zero-order valence-corrected chi connectivity index (χ0v) is 10.5. The van der Waals surface area contributed by atoms with Crippen molar-refractivity contribution in [2.75, 3.05) is 18.9 Å². The number of aryl methyl sites for hydroxylation is 1. The maximum Gasteiger partial charge on any atom is 0.265 e. The van der Waals surface area contributed by atoms with E-state index >= 15 is 0 Å². The lowest BCUT2D eigenvalue weighted by atomic mass is 10.2. The number of hydrogen-bond donors (Lipinski definition) is 1. The maximum absolute atomic E-state index is 12.3. The highest BCUT2D eigenvalue weighted by Crippen LogP contribution is 2.23. The molecule has 0 bridgehead atoms. The summed E-state index contributed by atoms with van der Waals surface area (Å²) >= 11 is 0. The van der Waals surface area contributed by atoms with Crippen molar-refractivity contribution in [3.05, 3.63) is 23.8 Å². The molecule has 94 valence electrons. The van der Waals surface area contributed by atoms with Gasteiger partial charge in [0.25, 0.3) is 10.0 Å². The number of nitrogens with two attached hydrogens (primary N) is 1. The van der Waals surface area contributed by atoms with Crippen LogP contribution in [0.25, 0.3) is 0 Å². The zero-order chi connectivity index (χ0) is 12.5. The first-order valence-electron chi connectivity index (χ1n) is 5.53. The molecule has 1 fully saturated rings. The second-order valence-corrected chi connectivity index (χ2v) is 5.89. The molecule has 2 rings (SSSR count). The van der Waals surface area contributed by atoms with Crippen LogP contribution in [0.4, 0.5) is 5.69 Å². The van der Waals surface area contributed by atoms with Crippen molar-refractivity contribution >= 4 is 15.7 Å². The predicted molar refractivity (Wildman–Crippen MR) is 64.7 cm³/mol. The van der Waals surface area contributed by atoms with Crippen LogP contribution in [0.2, 0.25) is 0 Å². The molecule has 0 unspecified atom stereocenters. The van der Waals surface area contributed by atoms with Crippen molar-refractivity contribution in [2.45, 2.75) is 24.7 Å². The average Bonchev–Trinajstić information content (AvgIpc) is 2.29. The lowest BCUT2D eigenvalue weighted by Crippen LogP contribution is -2.36. The van der Waals surface area contributed by atoms with E-state index in [1.165, 1.54) is 6.07 Å². The van der Waals surface area contributed by atoms with Crippen LogP contribution in [0.1, 0.15) is 18.4 Å². The Bertz CT molecular complexity index is 507. The molecule has 0 amide bonds. The molecule has 0 aliphatic carbocycles. The SMILES string of the molecule is Cc1cc(N)ccc1S(=O)(=O)N1CCCCO1. The Balaban J connectivity index is 2.37. The van der Waals surface area contributed by atoms with Gasteiger partial charge in [-0.05, 0) is 43.5 Å². The molecule has 5 nitrogen and oxygen atoms in total. The summed E-state index contributed by atoms with van der Waals surface area (Å²) in [4.78, 5) is 5.45. The number of sulfonamides is 1. The fraction of sp³-hybridized carbons (Fsp3) is 0.455. The van der Waals surface area contributed by atoms with Crippen molar-refractivity contribution < 1.29 is 13.3 Å². The normalized spacial score (nSPS) is 18.2. The number of hydroxylamine groups is 1. The Morgan fingerprint density at radius 3 is 2.71 bits per heavy atom. The Morgan fingerprint density at radius 2 is 2.12 bits per heavy atom. The van der Waals surface area contributed by atoms with E-state index in [-0.39, 0.29) is 4.90 Å². The van der Waals surface area contributed by atoms with E-state index in [4.69, 9.17) is 10.6 Å². The van der Waals surface area contributed by atoms with Gasteiger partial charge in [0.2, 0.25) is 0 Å². The summed E-state index contributed by atoms with van der Waals surface area (Å²) in [5, 5.41) is 0. The Hall–Kier alpha value is -1.11. The summed E-state index contributed by atoms with van der Waals surface area (Å²) in [6, 6.07) is 4.76.